The molecule has 1 aromatic carbocycles. The van der Waals surface area contributed by atoms with Gasteiger partial charge in [0, 0.05) is 5.39 Å². The van der Waals surface area contributed by atoms with E-state index in [9.17, 15) is 4.79 Å². The molecule has 1 saturated carbocycles. The smallest absolute Gasteiger partial charge is 0.220 e. The molecule has 0 atom stereocenters. The van der Waals surface area contributed by atoms with Crippen LogP contribution < -0.4 is 0 Å². The van der Waals surface area contributed by atoms with Gasteiger partial charge in [-0.3, -0.25) is 4.79 Å². The number of allylic oxidation sites excluding steroid dienone is 2. The van der Waals surface area contributed by atoms with E-state index in [1.54, 1.807) is 18.2 Å². The van der Waals surface area contributed by atoms with Crippen LogP contribution in [0.3, 0.4) is 0 Å². The Morgan fingerprint density at radius 1 is 1.21 bits per heavy atom. The number of halogens is 1. The fraction of sp³-hybridized carbons (Fsp3) is 0.312. The molecule has 1 aromatic heterocycles. The van der Waals surface area contributed by atoms with Gasteiger partial charge >= 0.3 is 0 Å². The van der Waals surface area contributed by atoms with Gasteiger partial charge in [0.05, 0.1) is 5.02 Å². The minimum atomic E-state index is -0.0517. The molecule has 0 radical (unpaired) electrons. The first-order valence-corrected chi connectivity index (χ1v) is 7.04. The third-order valence-corrected chi connectivity index (χ3v) is 3.87. The average molecular weight is 275 g/mol. The fourth-order valence-corrected chi connectivity index (χ4v) is 2.78. The average Bonchev–Trinajstić information content (AvgIpc) is 2.85. The summed E-state index contributed by atoms with van der Waals surface area (Å²) in [5.41, 5.74) is 1.83. The largest absolute Gasteiger partial charge is 0.451 e. The molecule has 3 heteroatoms. The molecule has 1 heterocycles. The number of carbonyl (C=O) groups is 1. The fourth-order valence-electron chi connectivity index (χ4n) is 2.56. The maximum absolute atomic E-state index is 12.2. The molecular weight excluding hydrogens is 260 g/mol. The lowest BCUT2D eigenvalue weighted by molar-refractivity contribution is 0.102. The molecule has 2 aromatic rings. The van der Waals surface area contributed by atoms with Gasteiger partial charge in [-0.1, -0.05) is 35.7 Å². The summed E-state index contributed by atoms with van der Waals surface area (Å²) in [6, 6.07) is 7.29. The lowest BCUT2D eigenvalue weighted by Gasteiger charge is -2.12. The molecule has 2 nitrogen and oxygen atoms in total. The minimum absolute atomic E-state index is 0.0517. The molecular formula is C16H15ClO2. The number of para-hydroxylation sites is 1. The molecule has 0 unspecified atom stereocenters. The lowest BCUT2D eigenvalue weighted by Crippen LogP contribution is -1.99. The summed E-state index contributed by atoms with van der Waals surface area (Å²) in [5.74, 6) is 0.324. The molecule has 0 N–H and O–H groups in total. The van der Waals surface area contributed by atoms with Crippen molar-refractivity contribution >= 4 is 28.4 Å². The monoisotopic (exact) mass is 274 g/mol. The molecule has 0 aliphatic heterocycles. The van der Waals surface area contributed by atoms with E-state index in [-0.39, 0.29) is 5.78 Å². The second kappa shape index (κ2) is 5.22. The second-order valence-corrected chi connectivity index (χ2v) is 5.40. The highest BCUT2D eigenvalue weighted by atomic mass is 35.5. The zero-order valence-electron chi connectivity index (χ0n) is 10.6. The number of benzene rings is 1. The van der Waals surface area contributed by atoms with Crippen LogP contribution in [0.4, 0.5) is 0 Å². The summed E-state index contributed by atoms with van der Waals surface area (Å²) in [5, 5.41) is 1.42. The number of rotatable bonds is 2. The second-order valence-electron chi connectivity index (χ2n) is 5.00. The topological polar surface area (TPSA) is 30.2 Å². The Hall–Kier alpha value is -1.54. The number of ketones is 1. The molecule has 0 saturated heterocycles. The number of furan rings is 1. The highest BCUT2D eigenvalue weighted by Gasteiger charge is 2.14. The Balaban J connectivity index is 1.91. The third-order valence-electron chi connectivity index (χ3n) is 3.57. The van der Waals surface area contributed by atoms with Gasteiger partial charge in [0.15, 0.2) is 11.3 Å². The molecule has 0 bridgehead atoms. The van der Waals surface area contributed by atoms with Crippen molar-refractivity contribution < 1.29 is 9.21 Å². The first-order valence-electron chi connectivity index (χ1n) is 6.66. The summed E-state index contributed by atoms with van der Waals surface area (Å²) < 4.78 is 5.58. The summed E-state index contributed by atoms with van der Waals surface area (Å²) in [6.07, 6.45) is 7.45. The van der Waals surface area contributed by atoms with Gasteiger partial charge < -0.3 is 4.42 Å². The van der Waals surface area contributed by atoms with Crippen molar-refractivity contribution in [3.63, 3.8) is 0 Å². The number of hydrogen-bond acceptors (Lipinski definition) is 2. The SMILES string of the molecule is O=C(C=C1CCCCC1)c1cc2cccc(Cl)c2o1. The van der Waals surface area contributed by atoms with E-state index in [1.807, 2.05) is 12.1 Å². The highest BCUT2D eigenvalue weighted by molar-refractivity contribution is 6.34. The van der Waals surface area contributed by atoms with Crippen molar-refractivity contribution in [2.75, 3.05) is 0 Å². The van der Waals surface area contributed by atoms with Gasteiger partial charge in [-0.2, -0.15) is 0 Å². The normalized spacial score (nSPS) is 15.7. The van der Waals surface area contributed by atoms with Crippen LogP contribution in [0.5, 0.6) is 0 Å². The van der Waals surface area contributed by atoms with Crippen LogP contribution in [0.25, 0.3) is 11.0 Å². The molecule has 1 fully saturated rings. The Morgan fingerprint density at radius 3 is 2.74 bits per heavy atom. The summed E-state index contributed by atoms with van der Waals surface area (Å²) in [6.45, 7) is 0. The number of hydrogen-bond donors (Lipinski definition) is 0. The Labute approximate surface area is 117 Å². The van der Waals surface area contributed by atoms with E-state index in [0.29, 0.717) is 16.4 Å². The van der Waals surface area contributed by atoms with Crippen molar-refractivity contribution in [2.45, 2.75) is 32.1 Å². The van der Waals surface area contributed by atoms with E-state index < -0.39 is 0 Å². The van der Waals surface area contributed by atoms with Crippen molar-refractivity contribution in [1.29, 1.82) is 0 Å². The van der Waals surface area contributed by atoms with Crippen molar-refractivity contribution in [2.24, 2.45) is 0 Å². The summed E-state index contributed by atoms with van der Waals surface area (Å²) >= 11 is 6.05. The van der Waals surface area contributed by atoms with Crippen LogP contribution in [-0.4, -0.2) is 5.78 Å². The van der Waals surface area contributed by atoms with Crippen LogP contribution in [0, 0.1) is 0 Å². The Kier molecular flexibility index (Phi) is 3.43. The minimum Gasteiger partial charge on any atom is -0.451 e. The van der Waals surface area contributed by atoms with E-state index in [4.69, 9.17) is 16.0 Å². The van der Waals surface area contributed by atoms with Crippen molar-refractivity contribution in [3.8, 4) is 0 Å². The number of fused-ring (bicyclic) bond motifs is 1. The van der Waals surface area contributed by atoms with Crippen molar-refractivity contribution in [1.82, 2.24) is 0 Å². The van der Waals surface area contributed by atoms with E-state index >= 15 is 0 Å². The maximum Gasteiger partial charge on any atom is 0.220 e. The van der Waals surface area contributed by atoms with Gasteiger partial charge in [-0.25, -0.2) is 0 Å². The van der Waals surface area contributed by atoms with Crippen LogP contribution in [0.2, 0.25) is 5.02 Å². The lowest BCUT2D eigenvalue weighted by atomic mass is 9.94. The predicted octanol–water partition coefficient (Wildman–Crippen LogP) is 5.16. The zero-order chi connectivity index (χ0) is 13.2. The highest BCUT2D eigenvalue weighted by Crippen LogP contribution is 2.28. The van der Waals surface area contributed by atoms with Gasteiger partial charge in [0.25, 0.3) is 0 Å². The van der Waals surface area contributed by atoms with Gasteiger partial charge in [0.2, 0.25) is 5.78 Å². The predicted molar refractivity (Wildman–Crippen MR) is 76.7 cm³/mol. The van der Waals surface area contributed by atoms with Crippen LogP contribution in [-0.2, 0) is 0 Å². The van der Waals surface area contributed by atoms with Gasteiger partial charge in [-0.15, -0.1) is 0 Å². The standard InChI is InChI=1S/C16H15ClO2/c17-13-8-4-7-12-10-15(19-16(12)13)14(18)9-11-5-2-1-3-6-11/h4,7-10H,1-3,5-6H2. The van der Waals surface area contributed by atoms with E-state index in [2.05, 4.69) is 0 Å². The Bertz CT molecular complexity index is 644. The van der Waals surface area contributed by atoms with E-state index in [1.165, 1.54) is 24.8 Å². The molecule has 19 heavy (non-hydrogen) atoms. The van der Waals surface area contributed by atoms with Crippen LogP contribution in [0.1, 0.15) is 42.7 Å². The summed E-state index contributed by atoms with van der Waals surface area (Å²) in [4.78, 5) is 12.2. The third kappa shape index (κ3) is 2.59. The van der Waals surface area contributed by atoms with Crippen LogP contribution >= 0.6 is 11.6 Å². The number of carbonyl (C=O) groups excluding carboxylic acids is 1. The first kappa shape index (κ1) is 12.5. The van der Waals surface area contributed by atoms with Gasteiger partial charge in [-0.05, 0) is 43.9 Å². The van der Waals surface area contributed by atoms with Gasteiger partial charge in [0.1, 0.15) is 0 Å². The first-order chi connectivity index (χ1) is 9.24. The maximum atomic E-state index is 12.2. The molecule has 98 valence electrons. The van der Waals surface area contributed by atoms with E-state index in [0.717, 1.165) is 18.2 Å². The molecule has 0 amide bonds. The van der Waals surface area contributed by atoms with Crippen LogP contribution in [0.15, 0.2) is 40.3 Å². The zero-order valence-corrected chi connectivity index (χ0v) is 11.4. The molecule has 0 spiro atoms. The molecule has 1 aliphatic carbocycles. The molecule has 3 rings (SSSR count). The summed E-state index contributed by atoms with van der Waals surface area (Å²) in [7, 11) is 0. The Morgan fingerprint density at radius 2 is 2.00 bits per heavy atom. The molecule has 1 aliphatic rings. The van der Waals surface area contributed by atoms with Crippen molar-refractivity contribution in [3.05, 3.63) is 46.7 Å². The quantitative estimate of drug-likeness (QED) is 0.559.